The van der Waals surface area contributed by atoms with Crippen LogP contribution in [0.3, 0.4) is 0 Å². The van der Waals surface area contributed by atoms with Crippen LogP contribution < -0.4 is 10.7 Å². The van der Waals surface area contributed by atoms with Crippen molar-refractivity contribution in [3.8, 4) is 0 Å². The highest BCUT2D eigenvalue weighted by Crippen LogP contribution is 2.20. The lowest BCUT2D eigenvalue weighted by Gasteiger charge is -2.13. The fourth-order valence-corrected chi connectivity index (χ4v) is 3.95. The van der Waals surface area contributed by atoms with Crippen LogP contribution in [-0.2, 0) is 10.0 Å². The van der Waals surface area contributed by atoms with Gasteiger partial charge >= 0.3 is 0 Å². The standard InChI is InChI=1S/C21H22N4O2S2/c1-15(19-13-6-9-16-8-4-5-12-20(16)19)23-24-21(28)22-17-10-7-11-18(14-17)29(26,27)25(2)3/h4-14H,1-3H3,(H2,22,24,28)/b23-15-. The molecule has 3 rings (SSSR count). The number of rotatable bonds is 5. The van der Waals surface area contributed by atoms with Gasteiger partial charge in [0.15, 0.2) is 5.11 Å². The first kappa shape index (κ1) is 20.9. The van der Waals surface area contributed by atoms with Crippen molar-refractivity contribution in [1.82, 2.24) is 9.73 Å². The minimum atomic E-state index is -3.52. The summed E-state index contributed by atoms with van der Waals surface area (Å²) in [4.78, 5) is 0.186. The molecule has 0 radical (unpaired) electrons. The molecule has 29 heavy (non-hydrogen) atoms. The lowest BCUT2D eigenvalue weighted by Crippen LogP contribution is -2.25. The summed E-state index contributed by atoms with van der Waals surface area (Å²) in [6, 6.07) is 20.6. The van der Waals surface area contributed by atoms with Crippen LogP contribution in [0.5, 0.6) is 0 Å². The predicted molar refractivity (Wildman–Crippen MR) is 123 cm³/mol. The van der Waals surface area contributed by atoms with Crippen LogP contribution in [0.4, 0.5) is 5.69 Å². The molecule has 0 amide bonds. The van der Waals surface area contributed by atoms with E-state index in [-0.39, 0.29) is 10.0 Å². The Morgan fingerprint density at radius 3 is 2.45 bits per heavy atom. The van der Waals surface area contributed by atoms with Gasteiger partial charge in [0.1, 0.15) is 0 Å². The molecule has 0 atom stereocenters. The highest BCUT2D eigenvalue weighted by Gasteiger charge is 2.17. The first-order valence-corrected chi connectivity index (χ1v) is 10.8. The largest absolute Gasteiger partial charge is 0.331 e. The molecule has 0 saturated carbocycles. The summed E-state index contributed by atoms with van der Waals surface area (Å²) in [5, 5.41) is 9.86. The molecule has 150 valence electrons. The molecule has 0 aliphatic heterocycles. The van der Waals surface area contributed by atoms with Crippen molar-refractivity contribution in [2.45, 2.75) is 11.8 Å². The SMILES string of the molecule is C/C(=N/NC(=S)Nc1cccc(S(=O)(=O)N(C)C)c1)c1cccc2ccccc12. The second-order valence-corrected chi connectivity index (χ2v) is 9.17. The van der Waals surface area contributed by atoms with Crippen LogP contribution in [0, 0.1) is 0 Å². The van der Waals surface area contributed by atoms with Gasteiger partial charge in [-0.1, -0.05) is 48.5 Å². The lowest BCUT2D eigenvalue weighted by molar-refractivity contribution is 0.521. The van der Waals surface area contributed by atoms with Gasteiger partial charge in [-0.25, -0.2) is 12.7 Å². The molecule has 0 aromatic heterocycles. The van der Waals surface area contributed by atoms with E-state index in [0.717, 1.165) is 22.0 Å². The average Bonchev–Trinajstić information content (AvgIpc) is 2.71. The number of nitrogens with one attached hydrogen (secondary N) is 2. The molecule has 0 heterocycles. The number of thiocarbonyl (C=S) groups is 1. The number of nitrogens with zero attached hydrogens (tertiary/aromatic N) is 2. The van der Waals surface area contributed by atoms with E-state index in [0.29, 0.717) is 5.69 Å². The Morgan fingerprint density at radius 1 is 1.00 bits per heavy atom. The Kier molecular flexibility index (Phi) is 6.26. The third kappa shape index (κ3) is 4.79. The van der Waals surface area contributed by atoms with Crippen molar-refractivity contribution >= 4 is 49.5 Å². The van der Waals surface area contributed by atoms with Crippen LogP contribution in [0.25, 0.3) is 10.8 Å². The summed E-state index contributed by atoms with van der Waals surface area (Å²) in [7, 11) is -0.531. The number of hydrogen-bond acceptors (Lipinski definition) is 4. The van der Waals surface area contributed by atoms with E-state index in [1.54, 1.807) is 18.2 Å². The molecule has 0 unspecified atom stereocenters. The number of hydrazone groups is 1. The second kappa shape index (κ2) is 8.69. The smallest absolute Gasteiger partial charge is 0.242 e. The summed E-state index contributed by atoms with van der Waals surface area (Å²) in [6.45, 7) is 1.90. The van der Waals surface area contributed by atoms with Crippen LogP contribution in [0.15, 0.2) is 76.7 Å². The van der Waals surface area contributed by atoms with Crippen molar-refractivity contribution in [2.75, 3.05) is 19.4 Å². The van der Waals surface area contributed by atoms with Crippen molar-refractivity contribution in [1.29, 1.82) is 0 Å². The molecular formula is C21H22N4O2S2. The van der Waals surface area contributed by atoms with Crippen LogP contribution >= 0.6 is 12.2 Å². The van der Waals surface area contributed by atoms with Gasteiger partial charge in [0, 0.05) is 25.3 Å². The zero-order chi connectivity index (χ0) is 21.0. The third-order valence-electron chi connectivity index (χ3n) is 4.38. The normalized spacial score (nSPS) is 12.2. The summed E-state index contributed by atoms with van der Waals surface area (Å²) < 4.78 is 25.7. The highest BCUT2D eigenvalue weighted by atomic mass is 32.2. The summed E-state index contributed by atoms with van der Waals surface area (Å²) >= 11 is 5.30. The molecule has 6 nitrogen and oxygen atoms in total. The molecular weight excluding hydrogens is 404 g/mol. The van der Waals surface area contributed by atoms with Gasteiger partial charge < -0.3 is 5.32 Å². The van der Waals surface area contributed by atoms with Crippen molar-refractivity contribution in [3.05, 3.63) is 72.3 Å². The molecule has 0 aliphatic rings. The predicted octanol–water partition coefficient (Wildman–Crippen LogP) is 3.80. The number of anilines is 1. The Bertz CT molecular complexity index is 1180. The van der Waals surface area contributed by atoms with Crippen molar-refractivity contribution in [2.24, 2.45) is 5.10 Å². The molecule has 3 aromatic carbocycles. The zero-order valence-corrected chi connectivity index (χ0v) is 18.0. The minimum absolute atomic E-state index is 0.186. The monoisotopic (exact) mass is 426 g/mol. The van der Waals surface area contributed by atoms with Gasteiger partial charge in [-0.3, -0.25) is 5.43 Å². The molecule has 3 aromatic rings. The Hall–Kier alpha value is -2.81. The molecule has 0 bridgehead atoms. The maximum absolute atomic E-state index is 12.3. The van der Waals surface area contributed by atoms with Crippen LogP contribution in [0.2, 0.25) is 0 Å². The quantitative estimate of drug-likeness (QED) is 0.369. The van der Waals surface area contributed by atoms with Gasteiger partial charge in [0.05, 0.1) is 10.6 Å². The Labute approximate surface area is 176 Å². The van der Waals surface area contributed by atoms with Crippen molar-refractivity contribution < 1.29 is 8.42 Å². The summed E-state index contributed by atoms with van der Waals surface area (Å²) in [5.74, 6) is 0. The molecule has 0 spiro atoms. The Morgan fingerprint density at radius 2 is 1.69 bits per heavy atom. The maximum Gasteiger partial charge on any atom is 0.242 e. The first-order chi connectivity index (χ1) is 13.8. The maximum atomic E-state index is 12.3. The first-order valence-electron chi connectivity index (χ1n) is 8.91. The van der Waals surface area contributed by atoms with Gasteiger partial charge in [0.2, 0.25) is 10.0 Å². The molecule has 0 saturated heterocycles. The number of fused-ring (bicyclic) bond motifs is 1. The van der Waals surface area contributed by atoms with Crippen molar-refractivity contribution in [3.63, 3.8) is 0 Å². The van der Waals surface area contributed by atoms with Crippen LogP contribution in [0.1, 0.15) is 12.5 Å². The number of sulfonamides is 1. The second-order valence-electron chi connectivity index (χ2n) is 6.61. The molecule has 2 N–H and O–H groups in total. The summed E-state index contributed by atoms with van der Waals surface area (Å²) in [6.07, 6.45) is 0. The third-order valence-corrected chi connectivity index (χ3v) is 6.38. The van der Waals surface area contributed by atoms with E-state index in [4.69, 9.17) is 12.2 Å². The van der Waals surface area contributed by atoms with Gasteiger partial charge in [-0.05, 0) is 48.1 Å². The summed E-state index contributed by atoms with van der Waals surface area (Å²) in [5.41, 5.74) is 5.18. The fraction of sp³-hybridized carbons (Fsp3) is 0.143. The van der Waals surface area contributed by atoms with E-state index < -0.39 is 10.0 Å². The van der Waals surface area contributed by atoms with Gasteiger partial charge in [0.25, 0.3) is 0 Å². The molecule has 0 fully saturated rings. The van der Waals surface area contributed by atoms with E-state index in [9.17, 15) is 8.42 Å². The van der Waals surface area contributed by atoms with Crippen LogP contribution in [-0.4, -0.2) is 37.6 Å². The average molecular weight is 427 g/mol. The van der Waals surface area contributed by atoms with E-state index in [1.807, 2.05) is 31.2 Å². The highest BCUT2D eigenvalue weighted by molar-refractivity contribution is 7.89. The van der Waals surface area contributed by atoms with E-state index in [2.05, 4.69) is 34.0 Å². The van der Waals surface area contributed by atoms with Gasteiger partial charge in [-0.15, -0.1) is 0 Å². The van der Waals surface area contributed by atoms with Gasteiger partial charge in [-0.2, -0.15) is 5.10 Å². The number of benzene rings is 3. The molecule has 8 heteroatoms. The minimum Gasteiger partial charge on any atom is -0.331 e. The lowest BCUT2D eigenvalue weighted by atomic mass is 10.0. The number of hydrogen-bond donors (Lipinski definition) is 2. The topological polar surface area (TPSA) is 73.8 Å². The Balaban J connectivity index is 1.74. The zero-order valence-electron chi connectivity index (χ0n) is 16.4. The molecule has 0 aliphatic carbocycles. The van der Waals surface area contributed by atoms with E-state index >= 15 is 0 Å². The van der Waals surface area contributed by atoms with E-state index in [1.165, 1.54) is 24.5 Å². The fourth-order valence-electron chi connectivity index (χ4n) is 2.84.